The maximum atomic E-state index is 12.4. The molecule has 148 valence electrons. The summed E-state index contributed by atoms with van der Waals surface area (Å²) in [5.74, 6) is 1.45. The van der Waals surface area contributed by atoms with E-state index in [1.165, 1.54) is 18.4 Å². The summed E-state index contributed by atoms with van der Waals surface area (Å²) in [6, 6.07) is 10.7. The number of halogens is 2. The number of hydrogen-bond acceptors (Lipinski definition) is 6. The summed E-state index contributed by atoms with van der Waals surface area (Å²) in [6.07, 6.45) is 0. The lowest BCUT2D eigenvalue weighted by atomic mass is 10.2. The minimum atomic E-state index is -0.517. The third kappa shape index (κ3) is 4.46. The number of fused-ring (bicyclic) bond motifs is 1. The van der Waals surface area contributed by atoms with Crippen LogP contribution in [-0.4, -0.2) is 32.9 Å². The van der Waals surface area contributed by atoms with Crippen LogP contribution in [0.25, 0.3) is 10.1 Å². The smallest absolute Gasteiger partial charge is 0.350 e. The molecule has 8 heteroatoms. The highest BCUT2D eigenvalue weighted by Crippen LogP contribution is 2.43. The third-order valence-corrected chi connectivity index (χ3v) is 6.02. The molecule has 0 saturated carbocycles. The van der Waals surface area contributed by atoms with Crippen LogP contribution in [0, 0.1) is 0 Å². The van der Waals surface area contributed by atoms with E-state index >= 15 is 0 Å². The maximum absolute atomic E-state index is 12.4. The number of esters is 1. The van der Waals surface area contributed by atoms with Crippen LogP contribution >= 0.6 is 34.5 Å². The second-order valence-corrected chi connectivity index (χ2v) is 7.37. The molecule has 0 saturated heterocycles. The summed E-state index contributed by atoms with van der Waals surface area (Å²) in [6.45, 7) is 2.84. The van der Waals surface area contributed by atoms with Gasteiger partial charge in [-0.05, 0) is 43.3 Å². The SMILES string of the molecule is CCOc1ccc(OCCOC(=O)c2sc3c(Cl)c(OC)ccc3c2Cl)cc1. The van der Waals surface area contributed by atoms with Gasteiger partial charge in [-0.1, -0.05) is 23.2 Å². The second-order valence-electron chi connectivity index (χ2n) is 5.59. The van der Waals surface area contributed by atoms with E-state index in [2.05, 4.69) is 0 Å². The van der Waals surface area contributed by atoms with Crippen molar-refractivity contribution in [2.75, 3.05) is 26.9 Å². The van der Waals surface area contributed by atoms with Crippen molar-refractivity contribution in [2.45, 2.75) is 6.92 Å². The summed E-state index contributed by atoms with van der Waals surface area (Å²) >= 11 is 13.8. The lowest BCUT2D eigenvalue weighted by Gasteiger charge is -2.08. The van der Waals surface area contributed by atoms with Gasteiger partial charge in [0.25, 0.3) is 0 Å². The number of methoxy groups -OCH3 is 1. The van der Waals surface area contributed by atoms with Gasteiger partial charge in [0.1, 0.15) is 40.4 Å². The molecule has 0 aliphatic carbocycles. The van der Waals surface area contributed by atoms with Crippen molar-refractivity contribution < 1.29 is 23.7 Å². The molecule has 0 unspecified atom stereocenters. The molecule has 3 aromatic rings. The molecule has 0 atom stereocenters. The molecule has 1 aromatic heterocycles. The minimum absolute atomic E-state index is 0.0909. The van der Waals surface area contributed by atoms with Crippen molar-refractivity contribution in [3.8, 4) is 17.2 Å². The van der Waals surface area contributed by atoms with Crippen LogP contribution in [0.1, 0.15) is 16.6 Å². The van der Waals surface area contributed by atoms with Gasteiger partial charge in [-0.25, -0.2) is 4.79 Å². The van der Waals surface area contributed by atoms with Gasteiger partial charge >= 0.3 is 5.97 Å². The van der Waals surface area contributed by atoms with Gasteiger partial charge in [0.05, 0.1) is 23.4 Å². The lowest BCUT2D eigenvalue weighted by Crippen LogP contribution is -2.11. The fourth-order valence-corrected chi connectivity index (χ4v) is 4.31. The fraction of sp³-hybridized carbons (Fsp3) is 0.250. The van der Waals surface area contributed by atoms with Crippen molar-refractivity contribution in [1.82, 2.24) is 0 Å². The molecule has 0 spiro atoms. The van der Waals surface area contributed by atoms with Gasteiger partial charge < -0.3 is 18.9 Å². The molecule has 0 aliphatic rings. The summed E-state index contributed by atoms with van der Waals surface area (Å²) in [4.78, 5) is 12.7. The van der Waals surface area contributed by atoms with Gasteiger partial charge in [-0.15, -0.1) is 11.3 Å². The second kappa shape index (κ2) is 9.37. The molecule has 1 heterocycles. The summed E-state index contributed by atoms with van der Waals surface area (Å²) in [5, 5.41) is 1.43. The van der Waals surface area contributed by atoms with Crippen molar-refractivity contribution >= 4 is 50.6 Å². The number of thiophene rings is 1. The summed E-state index contributed by atoms with van der Waals surface area (Å²) in [7, 11) is 1.53. The first-order valence-corrected chi connectivity index (χ1v) is 10.1. The standard InChI is InChI=1S/C20H18Cl2O5S/c1-3-25-12-4-6-13(7-5-12)26-10-11-27-20(23)19-16(21)14-8-9-15(24-2)17(22)18(14)28-19/h4-9H,3,10-11H2,1-2H3. The number of rotatable bonds is 8. The number of ether oxygens (including phenoxy) is 4. The average molecular weight is 441 g/mol. The largest absolute Gasteiger partial charge is 0.495 e. The van der Waals surface area contributed by atoms with E-state index in [0.717, 1.165) is 5.75 Å². The summed E-state index contributed by atoms with van der Waals surface area (Å²) < 4.78 is 22.1. The Morgan fingerprint density at radius 1 is 0.964 bits per heavy atom. The van der Waals surface area contributed by atoms with Crippen LogP contribution < -0.4 is 14.2 Å². The van der Waals surface area contributed by atoms with Crippen LogP contribution in [0.4, 0.5) is 0 Å². The Morgan fingerprint density at radius 3 is 2.29 bits per heavy atom. The number of benzene rings is 2. The van der Waals surface area contributed by atoms with E-state index in [4.69, 9.17) is 42.1 Å². The molecular formula is C20H18Cl2O5S. The van der Waals surface area contributed by atoms with Gasteiger partial charge in [0.15, 0.2) is 0 Å². The van der Waals surface area contributed by atoms with Crippen molar-refractivity contribution in [2.24, 2.45) is 0 Å². The van der Waals surface area contributed by atoms with Gasteiger partial charge in [-0.3, -0.25) is 0 Å². The van der Waals surface area contributed by atoms with Crippen LogP contribution in [0.2, 0.25) is 10.0 Å². The average Bonchev–Trinajstić information content (AvgIpc) is 3.04. The number of hydrogen-bond donors (Lipinski definition) is 0. The monoisotopic (exact) mass is 440 g/mol. The Hall–Kier alpha value is -2.15. The first-order chi connectivity index (χ1) is 13.5. The Kier molecular flexibility index (Phi) is 6.88. The van der Waals surface area contributed by atoms with Gasteiger partial charge in [0.2, 0.25) is 0 Å². The number of carbonyl (C=O) groups excluding carboxylic acids is 1. The first kappa shape index (κ1) is 20.6. The van der Waals surface area contributed by atoms with E-state index in [9.17, 15) is 4.79 Å². The molecule has 2 aromatic carbocycles. The zero-order valence-electron chi connectivity index (χ0n) is 15.3. The molecule has 3 rings (SSSR count). The maximum Gasteiger partial charge on any atom is 0.350 e. The van der Waals surface area contributed by atoms with E-state index in [1.807, 2.05) is 19.1 Å². The van der Waals surface area contributed by atoms with Gasteiger partial charge in [-0.2, -0.15) is 0 Å². The summed E-state index contributed by atoms with van der Waals surface area (Å²) in [5.41, 5.74) is 0. The molecule has 28 heavy (non-hydrogen) atoms. The lowest BCUT2D eigenvalue weighted by molar-refractivity contribution is 0.0456. The van der Waals surface area contributed by atoms with E-state index in [0.29, 0.717) is 43.1 Å². The van der Waals surface area contributed by atoms with E-state index in [1.54, 1.807) is 24.3 Å². The van der Waals surface area contributed by atoms with Crippen LogP contribution in [0.5, 0.6) is 17.2 Å². The Bertz CT molecular complexity index is 969. The zero-order valence-corrected chi connectivity index (χ0v) is 17.6. The Balaban J connectivity index is 1.59. The van der Waals surface area contributed by atoms with E-state index < -0.39 is 5.97 Å². The predicted molar refractivity (Wildman–Crippen MR) is 112 cm³/mol. The van der Waals surface area contributed by atoms with Crippen LogP contribution in [0.3, 0.4) is 0 Å². The molecular weight excluding hydrogens is 423 g/mol. The molecule has 5 nitrogen and oxygen atoms in total. The highest BCUT2D eigenvalue weighted by molar-refractivity contribution is 7.22. The quantitative estimate of drug-likeness (QED) is 0.324. The topological polar surface area (TPSA) is 54.0 Å². The molecule has 0 amide bonds. The first-order valence-electron chi connectivity index (χ1n) is 8.52. The highest BCUT2D eigenvalue weighted by atomic mass is 35.5. The van der Waals surface area contributed by atoms with Crippen molar-refractivity contribution in [1.29, 1.82) is 0 Å². The van der Waals surface area contributed by atoms with Gasteiger partial charge in [0, 0.05) is 5.39 Å². The number of carbonyl (C=O) groups is 1. The normalized spacial score (nSPS) is 10.7. The molecule has 0 bridgehead atoms. The molecule has 0 N–H and O–H groups in total. The van der Waals surface area contributed by atoms with Crippen molar-refractivity contribution in [3.05, 3.63) is 51.3 Å². The predicted octanol–water partition coefficient (Wildman–Crippen LogP) is 5.85. The molecule has 0 fully saturated rings. The minimum Gasteiger partial charge on any atom is -0.495 e. The zero-order chi connectivity index (χ0) is 20.1. The van der Waals surface area contributed by atoms with E-state index in [-0.39, 0.29) is 13.2 Å². The van der Waals surface area contributed by atoms with Crippen LogP contribution in [0.15, 0.2) is 36.4 Å². The Morgan fingerprint density at radius 2 is 1.64 bits per heavy atom. The third-order valence-electron chi connectivity index (χ3n) is 3.83. The van der Waals surface area contributed by atoms with Crippen LogP contribution in [-0.2, 0) is 4.74 Å². The fourth-order valence-electron chi connectivity index (χ4n) is 2.53. The van der Waals surface area contributed by atoms with Crippen molar-refractivity contribution in [3.63, 3.8) is 0 Å². The highest BCUT2D eigenvalue weighted by Gasteiger charge is 2.21. The molecule has 0 aliphatic heterocycles. The Labute approximate surface area is 176 Å². The molecule has 0 radical (unpaired) electrons.